The van der Waals surface area contributed by atoms with E-state index < -0.39 is 0 Å². The Balaban J connectivity index is 1.26. The molecule has 0 radical (unpaired) electrons. The van der Waals surface area contributed by atoms with E-state index >= 15 is 0 Å². The van der Waals surface area contributed by atoms with Crippen molar-refractivity contribution in [1.29, 1.82) is 0 Å². The number of piperidine rings is 2. The molecule has 180 valence electrons. The third-order valence-corrected chi connectivity index (χ3v) is 8.62. The van der Waals surface area contributed by atoms with Crippen molar-refractivity contribution < 1.29 is 14.3 Å². The van der Waals surface area contributed by atoms with Gasteiger partial charge in [-0.1, -0.05) is 75.2 Å². The lowest BCUT2D eigenvalue weighted by Crippen LogP contribution is -2.56. The molecule has 0 aromatic heterocycles. The first-order valence-corrected chi connectivity index (χ1v) is 13.3. The molecule has 2 heterocycles. The number of Topliss-reactive ketones (excluding diaryl/α,β-unsaturated/α-hetero) is 1. The highest BCUT2D eigenvalue weighted by Crippen LogP contribution is 2.45. The molecule has 0 spiro atoms. The molecule has 4 heteroatoms. The Kier molecular flexibility index (Phi) is 6.76. The van der Waals surface area contributed by atoms with Crippen LogP contribution in [0.1, 0.15) is 82.3 Å². The van der Waals surface area contributed by atoms with Crippen molar-refractivity contribution in [2.45, 2.75) is 83.2 Å². The molecule has 2 unspecified atom stereocenters. The number of fused-ring (bicyclic) bond motifs is 5. The van der Waals surface area contributed by atoms with Gasteiger partial charge in [-0.15, -0.1) is 0 Å². The van der Waals surface area contributed by atoms with Crippen LogP contribution in [0.5, 0.6) is 0 Å². The third kappa shape index (κ3) is 4.28. The second-order valence-corrected chi connectivity index (χ2v) is 10.5. The van der Waals surface area contributed by atoms with E-state index in [1.807, 2.05) is 4.90 Å². The Hall–Kier alpha value is -2.62. The highest BCUT2D eigenvalue weighted by atomic mass is 16.6. The fourth-order valence-electron chi connectivity index (χ4n) is 6.64. The zero-order valence-corrected chi connectivity index (χ0v) is 20.5. The van der Waals surface area contributed by atoms with Gasteiger partial charge < -0.3 is 9.64 Å². The maximum Gasteiger partial charge on any atom is 0.410 e. The molecular formula is C30H37NO3. The average Bonchev–Trinajstić information content (AvgIpc) is 3.18. The smallest absolute Gasteiger partial charge is 0.410 e. The van der Waals surface area contributed by atoms with Crippen LogP contribution in [0.25, 0.3) is 11.1 Å². The van der Waals surface area contributed by atoms with Gasteiger partial charge in [-0.3, -0.25) is 4.79 Å². The van der Waals surface area contributed by atoms with Gasteiger partial charge in [0.25, 0.3) is 0 Å². The molecule has 2 fully saturated rings. The van der Waals surface area contributed by atoms with Gasteiger partial charge in [0.2, 0.25) is 0 Å². The van der Waals surface area contributed by atoms with Crippen LogP contribution < -0.4 is 0 Å². The van der Waals surface area contributed by atoms with E-state index in [4.69, 9.17) is 4.74 Å². The summed E-state index contributed by atoms with van der Waals surface area (Å²) in [6, 6.07) is 17.2. The number of ketones is 1. The predicted octanol–water partition coefficient (Wildman–Crippen LogP) is 6.96. The number of benzene rings is 2. The van der Waals surface area contributed by atoms with Crippen LogP contribution in [0.15, 0.2) is 48.5 Å². The quantitative estimate of drug-likeness (QED) is 0.449. The molecule has 1 amide bonds. The molecule has 0 N–H and O–H groups in total. The largest absolute Gasteiger partial charge is 0.448 e. The normalized spacial score (nSPS) is 23.5. The Bertz CT molecular complexity index is 983. The van der Waals surface area contributed by atoms with Crippen LogP contribution >= 0.6 is 0 Å². The third-order valence-electron chi connectivity index (χ3n) is 8.62. The molecule has 2 bridgehead atoms. The summed E-state index contributed by atoms with van der Waals surface area (Å²) >= 11 is 0. The number of amides is 1. The van der Waals surface area contributed by atoms with E-state index in [2.05, 4.69) is 62.4 Å². The minimum atomic E-state index is -0.192. The van der Waals surface area contributed by atoms with Crippen LogP contribution in [-0.2, 0) is 9.53 Å². The lowest BCUT2D eigenvalue weighted by Gasteiger charge is -2.47. The highest BCUT2D eigenvalue weighted by molar-refractivity contribution is 5.82. The van der Waals surface area contributed by atoms with Gasteiger partial charge in [0, 0.05) is 30.3 Å². The van der Waals surface area contributed by atoms with Gasteiger partial charge in [0.1, 0.15) is 12.4 Å². The molecule has 2 saturated heterocycles. The summed E-state index contributed by atoms with van der Waals surface area (Å²) in [7, 11) is 0. The maximum atomic E-state index is 13.4. The molecular weight excluding hydrogens is 422 g/mol. The van der Waals surface area contributed by atoms with Crippen LogP contribution in [0, 0.1) is 11.8 Å². The lowest BCUT2D eigenvalue weighted by molar-refractivity contribution is -0.127. The minimum Gasteiger partial charge on any atom is -0.448 e. The van der Waals surface area contributed by atoms with Crippen molar-refractivity contribution in [3.05, 3.63) is 59.7 Å². The topological polar surface area (TPSA) is 46.6 Å². The number of nitrogens with zero attached hydrogens (tertiary/aromatic N) is 1. The van der Waals surface area contributed by atoms with Gasteiger partial charge in [0.05, 0.1) is 0 Å². The fraction of sp³-hybridized carbons (Fsp3) is 0.533. The molecule has 2 aromatic rings. The summed E-state index contributed by atoms with van der Waals surface area (Å²) < 4.78 is 6.01. The molecule has 2 aromatic carbocycles. The van der Waals surface area contributed by atoms with Crippen molar-refractivity contribution in [3.63, 3.8) is 0 Å². The van der Waals surface area contributed by atoms with E-state index in [0.29, 0.717) is 24.7 Å². The molecule has 5 rings (SSSR count). The molecule has 3 aliphatic rings. The minimum absolute atomic E-state index is 0.0790. The van der Waals surface area contributed by atoms with Crippen molar-refractivity contribution in [1.82, 2.24) is 4.90 Å². The molecule has 2 atom stereocenters. The Morgan fingerprint density at radius 2 is 1.47 bits per heavy atom. The molecule has 1 aliphatic carbocycles. The Morgan fingerprint density at radius 3 is 2.03 bits per heavy atom. The summed E-state index contributed by atoms with van der Waals surface area (Å²) in [5.41, 5.74) is 4.96. The summed E-state index contributed by atoms with van der Waals surface area (Å²) in [5, 5.41) is 0. The zero-order chi connectivity index (χ0) is 23.7. The number of hydrogen-bond acceptors (Lipinski definition) is 3. The first-order chi connectivity index (χ1) is 16.6. The number of rotatable bonds is 7. The standard InChI is InChI=1S/C30H37NO3/c1-3-20(4-2)16-29(32)21-17-22-10-9-11-23(18-21)31(22)30(33)34-19-28-26-14-7-5-12-24(26)25-13-6-8-15-27(25)28/h5-8,12-15,20-23,28H,3-4,9-11,16-19H2,1-2H3. The first kappa shape index (κ1) is 23.1. The molecule has 4 nitrogen and oxygen atoms in total. The maximum absolute atomic E-state index is 13.4. The summed E-state index contributed by atoms with van der Waals surface area (Å²) in [6.07, 6.45) is 7.34. The Labute approximate surface area is 203 Å². The summed E-state index contributed by atoms with van der Waals surface area (Å²) in [6.45, 7) is 4.71. The lowest BCUT2D eigenvalue weighted by atomic mass is 9.75. The van der Waals surface area contributed by atoms with Gasteiger partial charge in [-0.25, -0.2) is 4.79 Å². The van der Waals surface area contributed by atoms with Crippen molar-refractivity contribution >= 4 is 11.9 Å². The van der Waals surface area contributed by atoms with Gasteiger partial charge in [-0.2, -0.15) is 0 Å². The van der Waals surface area contributed by atoms with E-state index in [1.165, 1.54) is 22.3 Å². The van der Waals surface area contributed by atoms with E-state index in [9.17, 15) is 9.59 Å². The van der Waals surface area contributed by atoms with Gasteiger partial charge >= 0.3 is 6.09 Å². The molecule has 0 saturated carbocycles. The Morgan fingerprint density at radius 1 is 0.912 bits per heavy atom. The zero-order valence-electron chi connectivity index (χ0n) is 20.5. The highest BCUT2D eigenvalue weighted by Gasteiger charge is 2.44. The monoisotopic (exact) mass is 459 g/mol. The van der Waals surface area contributed by atoms with Crippen LogP contribution in [0.2, 0.25) is 0 Å². The van der Waals surface area contributed by atoms with Crippen molar-refractivity contribution in [3.8, 4) is 11.1 Å². The SMILES string of the molecule is CCC(CC)CC(=O)C1CC2CCCC(C1)N2C(=O)OCC1c2ccccc2-c2ccccc21. The van der Waals surface area contributed by atoms with Crippen molar-refractivity contribution in [2.75, 3.05) is 6.61 Å². The second-order valence-electron chi connectivity index (χ2n) is 10.5. The molecule has 2 aliphatic heterocycles. The van der Waals surface area contributed by atoms with E-state index in [-0.39, 0.29) is 30.0 Å². The van der Waals surface area contributed by atoms with Gasteiger partial charge in [0.15, 0.2) is 0 Å². The predicted molar refractivity (Wildman–Crippen MR) is 135 cm³/mol. The van der Waals surface area contributed by atoms with Crippen LogP contribution in [0.4, 0.5) is 4.79 Å². The fourth-order valence-corrected chi connectivity index (χ4v) is 6.64. The number of hydrogen-bond donors (Lipinski definition) is 0. The van der Waals surface area contributed by atoms with Crippen LogP contribution in [0.3, 0.4) is 0 Å². The number of carbonyl (C=O) groups excluding carboxylic acids is 2. The first-order valence-electron chi connectivity index (χ1n) is 13.3. The summed E-state index contributed by atoms with van der Waals surface area (Å²) in [4.78, 5) is 28.4. The van der Waals surface area contributed by atoms with E-state index in [1.54, 1.807) is 0 Å². The van der Waals surface area contributed by atoms with Crippen molar-refractivity contribution in [2.24, 2.45) is 11.8 Å². The van der Waals surface area contributed by atoms with E-state index in [0.717, 1.165) is 44.9 Å². The molecule has 34 heavy (non-hydrogen) atoms. The summed E-state index contributed by atoms with van der Waals surface area (Å²) in [5.74, 6) is 1.09. The van der Waals surface area contributed by atoms with Gasteiger partial charge in [-0.05, 0) is 60.3 Å². The number of ether oxygens (including phenoxy) is 1. The number of carbonyl (C=O) groups is 2. The second kappa shape index (κ2) is 9.93. The van der Waals surface area contributed by atoms with Crippen LogP contribution in [-0.4, -0.2) is 35.5 Å². The average molecular weight is 460 g/mol.